The molecular weight excluding hydrogens is 194 g/mol. The SMILES string of the molecule is CCOC1CC(CC(=O)NC2COC2)C1. The molecule has 0 aromatic carbocycles. The first-order chi connectivity index (χ1) is 7.28. The fourth-order valence-corrected chi connectivity index (χ4v) is 2.08. The van der Waals surface area contributed by atoms with Crippen LogP contribution in [0.15, 0.2) is 0 Å². The zero-order valence-electron chi connectivity index (χ0n) is 9.20. The number of rotatable bonds is 5. The van der Waals surface area contributed by atoms with Gasteiger partial charge in [-0.25, -0.2) is 0 Å². The van der Waals surface area contributed by atoms with Gasteiger partial charge < -0.3 is 14.8 Å². The summed E-state index contributed by atoms with van der Waals surface area (Å²) in [5.74, 6) is 0.700. The number of hydrogen-bond acceptors (Lipinski definition) is 3. The minimum absolute atomic E-state index is 0.170. The maximum Gasteiger partial charge on any atom is 0.220 e. The summed E-state index contributed by atoms with van der Waals surface area (Å²) >= 11 is 0. The Bertz CT molecular complexity index is 222. The maximum absolute atomic E-state index is 11.5. The molecule has 0 aromatic heterocycles. The second-order valence-electron chi connectivity index (χ2n) is 4.42. The van der Waals surface area contributed by atoms with Crippen molar-refractivity contribution in [2.45, 2.75) is 38.3 Å². The topological polar surface area (TPSA) is 47.6 Å². The predicted octanol–water partition coefficient (Wildman–Crippen LogP) is 0.707. The number of amides is 1. The Hall–Kier alpha value is -0.610. The Balaban J connectivity index is 1.56. The quantitative estimate of drug-likeness (QED) is 0.731. The van der Waals surface area contributed by atoms with Crippen LogP contribution in [0.3, 0.4) is 0 Å². The second-order valence-corrected chi connectivity index (χ2v) is 4.42. The molecule has 0 spiro atoms. The first-order valence-electron chi connectivity index (χ1n) is 5.76. The Morgan fingerprint density at radius 1 is 1.47 bits per heavy atom. The van der Waals surface area contributed by atoms with E-state index in [0.29, 0.717) is 31.7 Å². The summed E-state index contributed by atoms with van der Waals surface area (Å²) in [7, 11) is 0. The number of carbonyl (C=O) groups excluding carboxylic acids is 1. The fraction of sp³-hybridized carbons (Fsp3) is 0.909. The molecular formula is C11H19NO3. The minimum atomic E-state index is 0.170. The maximum atomic E-state index is 11.5. The normalized spacial score (nSPS) is 30.5. The predicted molar refractivity (Wildman–Crippen MR) is 55.5 cm³/mol. The molecule has 1 N–H and O–H groups in total. The van der Waals surface area contributed by atoms with Crippen LogP contribution in [0.1, 0.15) is 26.2 Å². The molecule has 0 radical (unpaired) electrons. The molecule has 4 heteroatoms. The summed E-state index contributed by atoms with van der Waals surface area (Å²) in [6, 6.07) is 0.264. The Morgan fingerprint density at radius 2 is 2.20 bits per heavy atom. The van der Waals surface area contributed by atoms with Gasteiger partial charge in [-0.05, 0) is 25.7 Å². The minimum Gasteiger partial charge on any atom is -0.378 e. The van der Waals surface area contributed by atoms with Crippen LogP contribution >= 0.6 is 0 Å². The standard InChI is InChI=1S/C11H19NO3/c1-2-15-10-3-8(4-10)5-11(13)12-9-6-14-7-9/h8-10H,2-7H2,1H3,(H,12,13). The highest BCUT2D eigenvalue weighted by Gasteiger charge is 2.31. The molecule has 1 amide bonds. The van der Waals surface area contributed by atoms with Gasteiger partial charge in [0.1, 0.15) is 0 Å². The molecule has 0 atom stereocenters. The Kier molecular flexibility index (Phi) is 3.59. The van der Waals surface area contributed by atoms with Gasteiger partial charge in [-0.2, -0.15) is 0 Å². The van der Waals surface area contributed by atoms with Crippen LogP contribution in [-0.4, -0.2) is 37.9 Å². The van der Waals surface area contributed by atoms with E-state index in [0.717, 1.165) is 19.4 Å². The molecule has 15 heavy (non-hydrogen) atoms. The number of nitrogens with one attached hydrogen (secondary N) is 1. The van der Waals surface area contributed by atoms with Gasteiger partial charge in [0.15, 0.2) is 0 Å². The molecule has 1 saturated heterocycles. The summed E-state index contributed by atoms with van der Waals surface area (Å²) in [6.07, 6.45) is 3.14. The molecule has 0 aromatic rings. The highest BCUT2D eigenvalue weighted by Crippen LogP contribution is 2.32. The lowest BCUT2D eigenvalue weighted by atomic mass is 9.80. The molecule has 1 heterocycles. The lowest BCUT2D eigenvalue weighted by molar-refractivity contribution is -0.128. The van der Waals surface area contributed by atoms with Gasteiger partial charge in [-0.3, -0.25) is 4.79 Å². The van der Waals surface area contributed by atoms with E-state index in [-0.39, 0.29) is 11.9 Å². The average Bonchev–Trinajstić information content (AvgIpc) is 2.08. The smallest absolute Gasteiger partial charge is 0.220 e. The lowest BCUT2D eigenvalue weighted by Crippen LogP contribution is -2.49. The second kappa shape index (κ2) is 4.94. The summed E-state index contributed by atoms with van der Waals surface area (Å²) < 4.78 is 10.4. The van der Waals surface area contributed by atoms with Crippen molar-refractivity contribution < 1.29 is 14.3 Å². The van der Waals surface area contributed by atoms with Crippen molar-refractivity contribution in [3.05, 3.63) is 0 Å². The molecule has 4 nitrogen and oxygen atoms in total. The van der Waals surface area contributed by atoms with E-state index in [4.69, 9.17) is 9.47 Å². The van der Waals surface area contributed by atoms with Crippen LogP contribution < -0.4 is 5.32 Å². The van der Waals surface area contributed by atoms with E-state index in [2.05, 4.69) is 5.32 Å². The van der Waals surface area contributed by atoms with Gasteiger partial charge >= 0.3 is 0 Å². The third kappa shape index (κ3) is 2.92. The van der Waals surface area contributed by atoms with E-state index in [1.165, 1.54) is 0 Å². The van der Waals surface area contributed by atoms with Gasteiger partial charge in [0, 0.05) is 13.0 Å². The number of hydrogen-bond donors (Lipinski definition) is 1. The lowest BCUT2D eigenvalue weighted by Gasteiger charge is -2.35. The van der Waals surface area contributed by atoms with Crippen LogP contribution in [0, 0.1) is 5.92 Å². The highest BCUT2D eigenvalue weighted by atomic mass is 16.5. The van der Waals surface area contributed by atoms with E-state index < -0.39 is 0 Å². The Morgan fingerprint density at radius 3 is 2.73 bits per heavy atom. The molecule has 2 rings (SSSR count). The summed E-state index contributed by atoms with van der Waals surface area (Å²) in [5.41, 5.74) is 0. The third-order valence-electron chi connectivity index (χ3n) is 3.07. The fourth-order valence-electron chi connectivity index (χ4n) is 2.08. The van der Waals surface area contributed by atoms with Gasteiger partial charge in [0.25, 0.3) is 0 Å². The summed E-state index contributed by atoms with van der Waals surface area (Å²) in [6.45, 7) is 4.15. The summed E-state index contributed by atoms with van der Waals surface area (Å²) in [4.78, 5) is 11.5. The molecule has 86 valence electrons. The van der Waals surface area contributed by atoms with Crippen molar-refractivity contribution in [1.29, 1.82) is 0 Å². The zero-order valence-corrected chi connectivity index (χ0v) is 9.20. The van der Waals surface area contributed by atoms with Gasteiger partial charge in [-0.1, -0.05) is 0 Å². The molecule has 0 unspecified atom stereocenters. The van der Waals surface area contributed by atoms with Crippen molar-refractivity contribution in [2.75, 3.05) is 19.8 Å². The summed E-state index contributed by atoms with van der Waals surface area (Å²) in [5, 5.41) is 2.96. The van der Waals surface area contributed by atoms with Crippen LogP contribution in [0.4, 0.5) is 0 Å². The van der Waals surface area contributed by atoms with E-state index in [9.17, 15) is 4.79 Å². The first kappa shape index (κ1) is 10.9. The van der Waals surface area contributed by atoms with Crippen molar-refractivity contribution in [3.63, 3.8) is 0 Å². The molecule has 1 saturated carbocycles. The van der Waals surface area contributed by atoms with E-state index >= 15 is 0 Å². The molecule has 1 aliphatic heterocycles. The van der Waals surface area contributed by atoms with E-state index in [1.807, 2.05) is 6.92 Å². The highest BCUT2D eigenvalue weighted by molar-refractivity contribution is 5.76. The van der Waals surface area contributed by atoms with Gasteiger partial charge in [0.2, 0.25) is 5.91 Å². The van der Waals surface area contributed by atoms with Crippen LogP contribution in [0.25, 0.3) is 0 Å². The molecule has 0 bridgehead atoms. The number of carbonyl (C=O) groups is 1. The van der Waals surface area contributed by atoms with Gasteiger partial charge in [0.05, 0.1) is 25.4 Å². The Labute approximate surface area is 90.3 Å². The van der Waals surface area contributed by atoms with Crippen molar-refractivity contribution >= 4 is 5.91 Å². The average molecular weight is 213 g/mol. The largest absolute Gasteiger partial charge is 0.378 e. The van der Waals surface area contributed by atoms with Crippen LogP contribution in [0.2, 0.25) is 0 Å². The first-order valence-corrected chi connectivity index (χ1v) is 5.76. The van der Waals surface area contributed by atoms with Crippen molar-refractivity contribution in [1.82, 2.24) is 5.32 Å². The monoisotopic (exact) mass is 213 g/mol. The molecule has 1 aliphatic carbocycles. The van der Waals surface area contributed by atoms with Crippen molar-refractivity contribution in [3.8, 4) is 0 Å². The van der Waals surface area contributed by atoms with Crippen LogP contribution in [-0.2, 0) is 14.3 Å². The van der Waals surface area contributed by atoms with Gasteiger partial charge in [-0.15, -0.1) is 0 Å². The molecule has 2 aliphatic rings. The van der Waals surface area contributed by atoms with E-state index in [1.54, 1.807) is 0 Å². The van der Waals surface area contributed by atoms with Crippen molar-refractivity contribution in [2.24, 2.45) is 5.92 Å². The zero-order chi connectivity index (χ0) is 10.7. The number of ether oxygens (including phenoxy) is 2. The molecule has 2 fully saturated rings. The third-order valence-corrected chi connectivity index (χ3v) is 3.07. The van der Waals surface area contributed by atoms with Crippen LogP contribution in [0.5, 0.6) is 0 Å².